The fourth-order valence-electron chi connectivity index (χ4n) is 2.85. The number of nitrogens with one attached hydrogen (secondary N) is 2. The van der Waals surface area contributed by atoms with Gasteiger partial charge >= 0.3 is 12.1 Å². The lowest BCUT2D eigenvalue weighted by Gasteiger charge is -2.08. The zero-order valence-electron chi connectivity index (χ0n) is 15.8. The van der Waals surface area contributed by atoms with E-state index in [1.165, 1.54) is 16.7 Å². The van der Waals surface area contributed by atoms with E-state index in [1.807, 2.05) is 30.3 Å². The third-order valence-electron chi connectivity index (χ3n) is 4.32. The van der Waals surface area contributed by atoms with Crippen molar-refractivity contribution in [2.75, 3.05) is 5.32 Å². The van der Waals surface area contributed by atoms with Gasteiger partial charge in [0.05, 0.1) is 18.1 Å². The second-order valence-electron chi connectivity index (χ2n) is 6.52. The molecule has 3 N–H and O–H groups in total. The number of benzene rings is 2. The summed E-state index contributed by atoms with van der Waals surface area (Å²) in [6, 6.07) is 16.7. The van der Waals surface area contributed by atoms with Crippen molar-refractivity contribution in [2.45, 2.75) is 25.8 Å². The van der Waals surface area contributed by atoms with Crippen LogP contribution < -0.4 is 10.6 Å². The Bertz CT molecular complexity index is 1010. The molecule has 1 aromatic heterocycles. The Morgan fingerprint density at radius 1 is 1.07 bits per heavy atom. The molecule has 156 valence electrons. The van der Waals surface area contributed by atoms with Crippen LogP contribution in [0.15, 0.2) is 60.9 Å². The fourth-order valence-corrected chi connectivity index (χ4v) is 2.85. The molecule has 3 aromatic rings. The summed E-state index contributed by atoms with van der Waals surface area (Å²) in [5.41, 5.74) is 6.02. The molecule has 30 heavy (non-hydrogen) atoms. The summed E-state index contributed by atoms with van der Waals surface area (Å²) >= 11 is 0. The maximum absolute atomic E-state index is 10.6. The molecule has 0 radical (unpaired) electrons. The van der Waals surface area contributed by atoms with Crippen molar-refractivity contribution in [3.05, 3.63) is 77.6 Å². The predicted octanol–water partition coefficient (Wildman–Crippen LogP) is 3.99. The van der Waals surface area contributed by atoms with E-state index in [4.69, 9.17) is 9.90 Å². The summed E-state index contributed by atoms with van der Waals surface area (Å²) in [5.74, 6) is -1.96. The van der Waals surface area contributed by atoms with E-state index in [1.54, 1.807) is 12.4 Å². The molecule has 0 bridgehead atoms. The lowest BCUT2D eigenvalue weighted by molar-refractivity contribution is -0.192. The predicted molar refractivity (Wildman–Crippen MR) is 105 cm³/mol. The van der Waals surface area contributed by atoms with Crippen molar-refractivity contribution >= 4 is 11.8 Å². The van der Waals surface area contributed by atoms with Gasteiger partial charge in [0, 0.05) is 25.2 Å². The van der Waals surface area contributed by atoms with Gasteiger partial charge in [-0.25, -0.2) is 9.78 Å². The average molecular weight is 416 g/mol. The van der Waals surface area contributed by atoms with Gasteiger partial charge in [-0.15, -0.1) is 0 Å². The maximum atomic E-state index is 10.6. The first-order valence-electron chi connectivity index (χ1n) is 9.06. The van der Waals surface area contributed by atoms with Crippen molar-refractivity contribution in [3.8, 4) is 11.3 Å². The Labute approximate surface area is 170 Å². The first-order valence-corrected chi connectivity index (χ1v) is 9.06. The molecule has 0 fully saturated rings. The number of hydrogen-bond donors (Lipinski definition) is 3. The number of nitrogens with zero attached hydrogens (tertiary/aromatic N) is 2. The van der Waals surface area contributed by atoms with Crippen LogP contribution in [-0.4, -0.2) is 27.2 Å². The summed E-state index contributed by atoms with van der Waals surface area (Å²) in [7, 11) is 0. The lowest BCUT2D eigenvalue weighted by atomic mass is 10.1. The number of carboxylic acid groups (broad SMARTS) is 1. The Hall–Kier alpha value is -3.46. The minimum Gasteiger partial charge on any atom is -0.475 e. The zero-order valence-corrected chi connectivity index (χ0v) is 15.8. The standard InChI is InChI=1S/C19H18N4.C2HF3O2/c1-2-4-15(5-3-1)18-12-21-13-19(23-18)22-9-14-6-7-16-10-20-11-17(16)8-14;3-2(4,5)1(6)7/h1-8,12-13,20H,9-11H2,(H,22,23);(H,6,7). The van der Waals surface area contributed by atoms with E-state index in [2.05, 4.69) is 38.8 Å². The number of carbonyl (C=O) groups is 1. The van der Waals surface area contributed by atoms with Gasteiger partial charge in [0.15, 0.2) is 0 Å². The zero-order chi connectivity index (χ0) is 21.6. The van der Waals surface area contributed by atoms with Crippen molar-refractivity contribution in [3.63, 3.8) is 0 Å². The molecule has 2 aromatic carbocycles. The quantitative estimate of drug-likeness (QED) is 0.596. The Morgan fingerprint density at radius 3 is 2.47 bits per heavy atom. The van der Waals surface area contributed by atoms with Gasteiger partial charge in [-0.2, -0.15) is 13.2 Å². The van der Waals surface area contributed by atoms with E-state index in [-0.39, 0.29) is 0 Å². The van der Waals surface area contributed by atoms with E-state index >= 15 is 0 Å². The molecule has 1 aliphatic heterocycles. The van der Waals surface area contributed by atoms with Crippen molar-refractivity contribution in [2.24, 2.45) is 0 Å². The second-order valence-corrected chi connectivity index (χ2v) is 6.52. The van der Waals surface area contributed by atoms with Crippen molar-refractivity contribution in [1.29, 1.82) is 0 Å². The maximum Gasteiger partial charge on any atom is 0.490 e. The molecule has 4 rings (SSSR count). The van der Waals surface area contributed by atoms with Crippen LogP contribution in [0.25, 0.3) is 11.3 Å². The molecule has 0 aliphatic carbocycles. The first kappa shape index (κ1) is 21.3. The van der Waals surface area contributed by atoms with E-state index in [9.17, 15) is 13.2 Å². The van der Waals surface area contributed by atoms with Crippen LogP contribution in [0.4, 0.5) is 19.0 Å². The van der Waals surface area contributed by atoms with Gasteiger partial charge in [-0.3, -0.25) is 4.98 Å². The smallest absolute Gasteiger partial charge is 0.475 e. The summed E-state index contributed by atoms with van der Waals surface area (Å²) in [6.45, 7) is 2.69. The van der Waals surface area contributed by atoms with Crippen LogP contribution in [0.5, 0.6) is 0 Å². The van der Waals surface area contributed by atoms with Crippen molar-refractivity contribution in [1.82, 2.24) is 15.3 Å². The summed E-state index contributed by atoms with van der Waals surface area (Å²) in [6.07, 6.45) is -1.52. The highest BCUT2D eigenvalue weighted by atomic mass is 19.4. The second kappa shape index (κ2) is 9.36. The van der Waals surface area contributed by atoms with Gasteiger partial charge in [0.1, 0.15) is 5.82 Å². The Balaban J connectivity index is 0.000000318. The van der Waals surface area contributed by atoms with Crippen LogP contribution in [0, 0.1) is 0 Å². The van der Waals surface area contributed by atoms with Crippen molar-refractivity contribution < 1.29 is 23.1 Å². The van der Waals surface area contributed by atoms with Crippen LogP contribution in [0.3, 0.4) is 0 Å². The highest BCUT2D eigenvalue weighted by Gasteiger charge is 2.38. The van der Waals surface area contributed by atoms with E-state index < -0.39 is 12.1 Å². The number of carboxylic acids is 1. The van der Waals surface area contributed by atoms with Crippen LogP contribution >= 0.6 is 0 Å². The van der Waals surface area contributed by atoms with Crippen LogP contribution in [0.1, 0.15) is 16.7 Å². The van der Waals surface area contributed by atoms with Gasteiger partial charge in [0.25, 0.3) is 0 Å². The van der Waals surface area contributed by atoms with E-state index in [0.717, 1.165) is 36.7 Å². The topological polar surface area (TPSA) is 87.1 Å². The average Bonchev–Trinajstić information content (AvgIpc) is 3.21. The highest BCUT2D eigenvalue weighted by Crippen LogP contribution is 2.19. The SMILES string of the molecule is O=C(O)C(F)(F)F.c1ccc(-c2cncc(NCc3ccc4c(c3)CNC4)n2)cc1. The van der Waals surface area contributed by atoms with E-state index in [0.29, 0.717) is 0 Å². The normalized spacial score (nSPS) is 12.5. The van der Waals surface area contributed by atoms with Gasteiger partial charge in [0.2, 0.25) is 0 Å². The molecule has 0 saturated carbocycles. The molecule has 9 heteroatoms. The minimum absolute atomic E-state index is 0.750. The number of halogens is 3. The minimum atomic E-state index is -5.08. The number of fused-ring (bicyclic) bond motifs is 1. The third-order valence-corrected chi connectivity index (χ3v) is 4.32. The monoisotopic (exact) mass is 416 g/mol. The summed E-state index contributed by atoms with van der Waals surface area (Å²) in [4.78, 5) is 17.8. The molecular weight excluding hydrogens is 397 g/mol. The molecule has 2 heterocycles. The number of hydrogen-bond acceptors (Lipinski definition) is 5. The van der Waals surface area contributed by atoms with Gasteiger partial charge in [-0.1, -0.05) is 48.5 Å². The largest absolute Gasteiger partial charge is 0.490 e. The first-order chi connectivity index (χ1) is 14.3. The lowest BCUT2D eigenvalue weighted by Crippen LogP contribution is -2.21. The highest BCUT2D eigenvalue weighted by molar-refractivity contribution is 5.73. The molecule has 0 unspecified atom stereocenters. The molecular formula is C21H19F3N4O2. The number of aromatic nitrogens is 2. The van der Waals surface area contributed by atoms with Crippen LogP contribution in [0.2, 0.25) is 0 Å². The molecule has 0 atom stereocenters. The molecule has 0 amide bonds. The number of aliphatic carboxylic acids is 1. The fraction of sp³-hybridized carbons (Fsp3) is 0.190. The molecule has 0 saturated heterocycles. The molecule has 0 spiro atoms. The number of alkyl halides is 3. The van der Waals surface area contributed by atoms with Crippen LogP contribution in [-0.2, 0) is 24.4 Å². The third kappa shape index (κ3) is 5.77. The van der Waals surface area contributed by atoms with Gasteiger partial charge in [-0.05, 0) is 16.7 Å². The Kier molecular flexibility index (Phi) is 6.63. The Morgan fingerprint density at radius 2 is 1.77 bits per heavy atom. The summed E-state index contributed by atoms with van der Waals surface area (Å²) < 4.78 is 31.7. The van der Waals surface area contributed by atoms with Gasteiger partial charge < -0.3 is 15.7 Å². The summed E-state index contributed by atoms with van der Waals surface area (Å²) in [5, 5.41) is 13.9. The molecule has 6 nitrogen and oxygen atoms in total. The number of rotatable bonds is 4. The molecule has 1 aliphatic rings. The number of anilines is 1.